The number of carbonyl (C=O) groups is 1. The van der Waals surface area contributed by atoms with Crippen molar-refractivity contribution in [1.82, 2.24) is 0 Å². The summed E-state index contributed by atoms with van der Waals surface area (Å²) in [6.07, 6.45) is -3.09. The van der Waals surface area contributed by atoms with Crippen molar-refractivity contribution in [3.63, 3.8) is 0 Å². The summed E-state index contributed by atoms with van der Waals surface area (Å²) in [5, 5.41) is 9.25. The number of carboxylic acid groups (broad SMARTS) is 1. The SMILES string of the molecule is CC/C(C(=O)O)=C1/CCCOc2cc(C(F)(F)F)ccc21. The van der Waals surface area contributed by atoms with E-state index in [9.17, 15) is 23.1 Å². The Kier molecular flexibility index (Phi) is 4.25. The Morgan fingerprint density at radius 3 is 2.67 bits per heavy atom. The molecule has 3 nitrogen and oxygen atoms in total. The normalized spacial score (nSPS) is 17.5. The van der Waals surface area contributed by atoms with Gasteiger partial charge in [-0.15, -0.1) is 0 Å². The molecule has 21 heavy (non-hydrogen) atoms. The minimum atomic E-state index is -4.45. The van der Waals surface area contributed by atoms with Crippen molar-refractivity contribution < 1.29 is 27.8 Å². The fourth-order valence-electron chi connectivity index (χ4n) is 2.44. The highest BCUT2D eigenvalue weighted by atomic mass is 19.4. The number of halogens is 3. The van der Waals surface area contributed by atoms with Crippen LogP contribution in [0.5, 0.6) is 5.75 Å². The van der Waals surface area contributed by atoms with Crippen LogP contribution in [-0.2, 0) is 11.0 Å². The molecule has 2 rings (SSSR count). The Hall–Kier alpha value is -1.98. The van der Waals surface area contributed by atoms with Crippen LogP contribution in [0.4, 0.5) is 13.2 Å². The molecule has 6 heteroatoms. The van der Waals surface area contributed by atoms with Gasteiger partial charge in [0.1, 0.15) is 5.75 Å². The Labute approximate surface area is 120 Å². The number of alkyl halides is 3. The molecule has 1 heterocycles. The molecule has 0 bridgehead atoms. The van der Waals surface area contributed by atoms with Crippen molar-refractivity contribution in [3.8, 4) is 5.75 Å². The van der Waals surface area contributed by atoms with E-state index in [4.69, 9.17) is 4.74 Å². The summed E-state index contributed by atoms with van der Waals surface area (Å²) < 4.78 is 43.6. The van der Waals surface area contributed by atoms with Gasteiger partial charge in [-0.25, -0.2) is 4.79 Å². The molecule has 114 valence electrons. The third-order valence-corrected chi connectivity index (χ3v) is 3.44. The number of carboxylic acids is 1. The molecule has 1 N–H and O–H groups in total. The summed E-state index contributed by atoms with van der Waals surface area (Å²) in [6.45, 7) is 1.99. The standard InChI is InChI=1S/C15H15F3O3/c1-2-10(14(19)20)11-4-3-7-21-13-8-9(15(16,17)18)5-6-12(11)13/h5-6,8H,2-4,7H2,1H3,(H,19,20)/b11-10+. The average molecular weight is 300 g/mol. The molecule has 1 aliphatic heterocycles. The number of hydrogen-bond acceptors (Lipinski definition) is 2. The molecule has 0 radical (unpaired) electrons. The smallest absolute Gasteiger partial charge is 0.416 e. The van der Waals surface area contributed by atoms with E-state index in [0.717, 1.165) is 12.1 Å². The van der Waals surface area contributed by atoms with Crippen molar-refractivity contribution in [2.75, 3.05) is 6.61 Å². The van der Waals surface area contributed by atoms with Crippen LogP contribution in [0, 0.1) is 0 Å². The zero-order valence-electron chi connectivity index (χ0n) is 11.5. The van der Waals surface area contributed by atoms with Crippen LogP contribution >= 0.6 is 0 Å². The summed E-state index contributed by atoms with van der Waals surface area (Å²) in [4.78, 5) is 11.3. The molecule has 1 aliphatic rings. The summed E-state index contributed by atoms with van der Waals surface area (Å²) in [5.74, 6) is -0.940. The molecule has 0 aliphatic carbocycles. The molecule has 1 aromatic carbocycles. The van der Waals surface area contributed by atoms with E-state index in [0.29, 0.717) is 30.4 Å². The molecular weight excluding hydrogens is 285 g/mol. The highest BCUT2D eigenvalue weighted by Crippen LogP contribution is 2.39. The highest BCUT2D eigenvalue weighted by molar-refractivity contribution is 5.97. The van der Waals surface area contributed by atoms with E-state index in [1.165, 1.54) is 6.07 Å². The van der Waals surface area contributed by atoms with Gasteiger partial charge in [0.25, 0.3) is 0 Å². The lowest BCUT2D eigenvalue weighted by Gasteiger charge is -2.14. The zero-order chi connectivity index (χ0) is 15.6. The number of aliphatic carboxylic acids is 1. The Morgan fingerprint density at radius 1 is 1.38 bits per heavy atom. The maximum absolute atomic E-state index is 12.7. The summed E-state index contributed by atoms with van der Waals surface area (Å²) in [6, 6.07) is 3.20. The third kappa shape index (κ3) is 3.20. The van der Waals surface area contributed by atoms with Gasteiger partial charge in [-0.1, -0.05) is 13.0 Å². The number of fused-ring (bicyclic) bond motifs is 1. The first-order valence-corrected chi connectivity index (χ1v) is 6.64. The van der Waals surface area contributed by atoms with Gasteiger partial charge in [0.05, 0.1) is 12.2 Å². The van der Waals surface area contributed by atoms with Crippen molar-refractivity contribution in [1.29, 1.82) is 0 Å². The summed E-state index contributed by atoms with van der Waals surface area (Å²) in [5.41, 5.74) is 0.434. The highest BCUT2D eigenvalue weighted by Gasteiger charge is 2.32. The third-order valence-electron chi connectivity index (χ3n) is 3.44. The van der Waals surface area contributed by atoms with E-state index >= 15 is 0 Å². The van der Waals surface area contributed by atoms with Gasteiger partial charge in [-0.3, -0.25) is 0 Å². The molecule has 0 spiro atoms. The maximum Gasteiger partial charge on any atom is 0.416 e. The zero-order valence-corrected chi connectivity index (χ0v) is 11.5. The first-order chi connectivity index (χ1) is 9.84. The van der Waals surface area contributed by atoms with Gasteiger partial charge < -0.3 is 9.84 Å². The molecule has 0 atom stereocenters. The summed E-state index contributed by atoms with van der Waals surface area (Å²) in [7, 11) is 0. The van der Waals surface area contributed by atoms with E-state index in [1.54, 1.807) is 6.92 Å². The molecule has 0 amide bonds. The topological polar surface area (TPSA) is 46.5 Å². The van der Waals surface area contributed by atoms with Gasteiger partial charge in [0, 0.05) is 11.1 Å². The van der Waals surface area contributed by atoms with Crippen LogP contribution in [-0.4, -0.2) is 17.7 Å². The number of rotatable bonds is 2. The monoisotopic (exact) mass is 300 g/mol. The van der Waals surface area contributed by atoms with Gasteiger partial charge in [0.15, 0.2) is 0 Å². The number of allylic oxidation sites excluding steroid dienone is 1. The van der Waals surface area contributed by atoms with Crippen molar-refractivity contribution in [3.05, 3.63) is 34.9 Å². The molecule has 0 aromatic heterocycles. The molecule has 0 saturated carbocycles. The largest absolute Gasteiger partial charge is 0.493 e. The maximum atomic E-state index is 12.7. The number of benzene rings is 1. The second kappa shape index (κ2) is 5.79. The van der Waals surface area contributed by atoms with E-state index in [1.807, 2.05) is 0 Å². The van der Waals surface area contributed by atoms with Crippen LogP contribution in [0.1, 0.15) is 37.3 Å². The second-order valence-corrected chi connectivity index (χ2v) is 4.78. The molecule has 0 saturated heterocycles. The van der Waals surface area contributed by atoms with Crippen molar-refractivity contribution in [2.45, 2.75) is 32.4 Å². The lowest BCUT2D eigenvalue weighted by Crippen LogP contribution is -2.07. The number of hydrogen-bond donors (Lipinski definition) is 1. The van der Waals surface area contributed by atoms with Gasteiger partial charge in [0.2, 0.25) is 0 Å². The lowest BCUT2D eigenvalue weighted by atomic mass is 9.93. The minimum Gasteiger partial charge on any atom is -0.493 e. The number of ether oxygens (including phenoxy) is 1. The second-order valence-electron chi connectivity index (χ2n) is 4.78. The fraction of sp³-hybridized carbons (Fsp3) is 0.400. The first-order valence-electron chi connectivity index (χ1n) is 6.64. The minimum absolute atomic E-state index is 0.101. The molecule has 1 aromatic rings. The average Bonchev–Trinajstić information content (AvgIpc) is 2.60. The molecule has 0 fully saturated rings. The predicted octanol–water partition coefficient (Wildman–Crippen LogP) is 4.13. The van der Waals surface area contributed by atoms with Crippen LogP contribution in [0.3, 0.4) is 0 Å². The van der Waals surface area contributed by atoms with Crippen molar-refractivity contribution >= 4 is 11.5 Å². The van der Waals surface area contributed by atoms with Crippen LogP contribution < -0.4 is 4.74 Å². The van der Waals surface area contributed by atoms with Crippen LogP contribution in [0.25, 0.3) is 5.57 Å². The van der Waals surface area contributed by atoms with Crippen LogP contribution in [0.15, 0.2) is 23.8 Å². The first kappa shape index (κ1) is 15.4. The Bertz CT molecular complexity index is 588. The van der Waals surface area contributed by atoms with Gasteiger partial charge in [-0.05, 0) is 37.0 Å². The van der Waals surface area contributed by atoms with Gasteiger partial charge >= 0.3 is 12.1 Å². The quantitative estimate of drug-likeness (QED) is 0.835. The van der Waals surface area contributed by atoms with E-state index < -0.39 is 17.7 Å². The predicted molar refractivity (Wildman–Crippen MR) is 71.0 cm³/mol. The molecule has 0 unspecified atom stereocenters. The van der Waals surface area contributed by atoms with Crippen molar-refractivity contribution in [2.24, 2.45) is 0 Å². The fourth-order valence-corrected chi connectivity index (χ4v) is 2.44. The lowest BCUT2D eigenvalue weighted by molar-refractivity contribution is -0.137. The Morgan fingerprint density at radius 2 is 2.10 bits per heavy atom. The molecular formula is C15H15F3O3. The summed E-state index contributed by atoms with van der Waals surface area (Å²) >= 11 is 0. The Balaban J connectivity index is 2.60. The van der Waals surface area contributed by atoms with E-state index in [2.05, 4.69) is 0 Å². The van der Waals surface area contributed by atoms with Crippen LogP contribution in [0.2, 0.25) is 0 Å². The van der Waals surface area contributed by atoms with Gasteiger partial charge in [-0.2, -0.15) is 13.2 Å². The van der Waals surface area contributed by atoms with E-state index in [-0.39, 0.29) is 17.9 Å².